The molecule has 1 heterocycles. The topological polar surface area (TPSA) is 108 Å². The van der Waals surface area contributed by atoms with Crippen LogP contribution in [0.1, 0.15) is 23.7 Å². The molecule has 2 aromatic carbocycles. The summed E-state index contributed by atoms with van der Waals surface area (Å²) in [5.41, 5.74) is 1.24. The van der Waals surface area contributed by atoms with E-state index in [2.05, 4.69) is 10.3 Å². The number of rotatable bonds is 6. The van der Waals surface area contributed by atoms with Gasteiger partial charge in [0.15, 0.2) is 5.17 Å². The van der Waals surface area contributed by atoms with E-state index in [-0.39, 0.29) is 23.8 Å². The molecule has 156 valence electrons. The number of amidine groups is 1. The molecule has 2 aromatic rings. The summed E-state index contributed by atoms with van der Waals surface area (Å²) in [6.07, 6.45) is 0.0547. The summed E-state index contributed by atoms with van der Waals surface area (Å²) in [7, 11) is 1.58. The Hall–Kier alpha value is -3.33. The predicted molar refractivity (Wildman–Crippen MR) is 116 cm³/mol. The van der Waals surface area contributed by atoms with Crippen LogP contribution in [0.5, 0.6) is 5.75 Å². The van der Waals surface area contributed by atoms with Gasteiger partial charge < -0.3 is 15.2 Å². The van der Waals surface area contributed by atoms with Crippen molar-refractivity contribution >= 4 is 46.1 Å². The average molecular weight is 427 g/mol. The summed E-state index contributed by atoms with van der Waals surface area (Å²) in [4.78, 5) is 42.4. The Balaban J connectivity index is 1.76. The Kier molecular flexibility index (Phi) is 6.73. The lowest BCUT2D eigenvalue weighted by Crippen LogP contribution is -2.45. The number of hydrogen-bond acceptors (Lipinski definition) is 6. The van der Waals surface area contributed by atoms with Gasteiger partial charge in [0.2, 0.25) is 11.8 Å². The largest absolute Gasteiger partial charge is 0.497 e. The van der Waals surface area contributed by atoms with Gasteiger partial charge in [-0.25, -0.2) is 9.79 Å². The highest BCUT2D eigenvalue weighted by Crippen LogP contribution is 2.30. The number of ether oxygens (including phenoxy) is 1. The minimum atomic E-state index is -1.04. The number of carboxylic acid groups (broad SMARTS) is 1. The third-order valence-electron chi connectivity index (χ3n) is 4.44. The molecule has 0 saturated carbocycles. The van der Waals surface area contributed by atoms with Gasteiger partial charge in [-0.1, -0.05) is 11.8 Å². The zero-order valence-electron chi connectivity index (χ0n) is 16.5. The molecular weight excluding hydrogens is 406 g/mol. The number of anilines is 1. The molecule has 9 heteroatoms. The Bertz CT molecular complexity index is 973. The number of carboxylic acids is 1. The van der Waals surface area contributed by atoms with Crippen molar-refractivity contribution in [2.75, 3.05) is 19.0 Å². The second-order valence-corrected chi connectivity index (χ2v) is 7.58. The fraction of sp³-hybridized carbons (Fsp3) is 0.238. The third-order valence-corrected chi connectivity index (χ3v) is 5.63. The lowest BCUT2D eigenvalue weighted by atomic mass is 10.2. The van der Waals surface area contributed by atoms with Crippen LogP contribution in [0, 0.1) is 0 Å². The average Bonchev–Trinajstić information content (AvgIpc) is 2.74. The molecule has 3 rings (SSSR count). The molecule has 1 aliphatic rings. The molecule has 2 N–H and O–H groups in total. The normalized spacial score (nSPS) is 17.7. The first-order chi connectivity index (χ1) is 14.4. The van der Waals surface area contributed by atoms with Crippen molar-refractivity contribution in [1.29, 1.82) is 0 Å². The number of nitrogens with one attached hydrogen (secondary N) is 1. The summed E-state index contributed by atoms with van der Waals surface area (Å²) < 4.78 is 5.14. The molecule has 0 radical (unpaired) electrons. The first-order valence-electron chi connectivity index (χ1n) is 9.25. The maximum Gasteiger partial charge on any atom is 0.335 e. The number of hydrogen-bond donors (Lipinski definition) is 2. The lowest BCUT2D eigenvalue weighted by molar-refractivity contribution is -0.129. The van der Waals surface area contributed by atoms with Crippen LogP contribution in [0.4, 0.5) is 11.4 Å². The fourth-order valence-corrected chi connectivity index (χ4v) is 4.00. The highest BCUT2D eigenvalue weighted by Gasteiger charge is 2.35. The van der Waals surface area contributed by atoms with E-state index in [4.69, 9.17) is 9.84 Å². The van der Waals surface area contributed by atoms with Gasteiger partial charge in [-0.3, -0.25) is 14.5 Å². The van der Waals surface area contributed by atoms with Crippen LogP contribution in [-0.4, -0.2) is 51.9 Å². The SMILES string of the molecule is CCN1C(=O)C[C@@H](C(=O)Nc2ccc(C(=O)O)cc2)SC1=Nc1ccc(OC)cc1. The van der Waals surface area contributed by atoms with Crippen LogP contribution in [0.2, 0.25) is 0 Å². The van der Waals surface area contributed by atoms with E-state index in [0.29, 0.717) is 28.8 Å². The zero-order valence-corrected chi connectivity index (χ0v) is 17.3. The highest BCUT2D eigenvalue weighted by molar-refractivity contribution is 8.15. The summed E-state index contributed by atoms with van der Waals surface area (Å²) in [5.74, 6) is -0.857. The quantitative estimate of drug-likeness (QED) is 0.732. The van der Waals surface area contributed by atoms with E-state index in [0.717, 1.165) is 0 Å². The maximum absolute atomic E-state index is 12.7. The van der Waals surface area contributed by atoms with Gasteiger partial charge in [0.25, 0.3) is 0 Å². The van der Waals surface area contributed by atoms with E-state index < -0.39 is 11.2 Å². The van der Waals surface area contributed by atoms with Crippen molar-refractivity contribution in [1.82, 2.24) is 4.90 Å². The molecule has 2 amide bonds. The van der Waals surface area contributed by atoms with Crippen LogP contribution in [0.25, 0.3) is 0 Å². The first kappa shape index (κ1) is 21.4. The van der Waals surface area contributed by atoms with Crippen molar-refractivity contribution < 1.29 is 24.2 Å². The molecular formula is C21H21N3O5S. The number of aliphatic imine (C=N–C) groups is 1. The molecule has 1 saturated heterocycles. The van der Waals surface area contributed by atoms with Crippen LogP contribution in [-0.2, 0) is 9.59 Å². The zero-order chi connectivity index (χ0) is 21.7. The fourth-order valence-electron chi connectivity index (χ4n) is 2.84. The maximum atomic E-state index is 12.7. The molecule has 0 aliphatic carbocycles. The van der Waals surface area contributed by atoms with Gasteiger partial charge in [0.1, 0.15) is 11.0 Å². The van der Waals surface area contributed by atoms with Gasteiger partial charge in [0, 0.05) is 18.7 Å². The lowest BCUT2D eigenvalue weighted by Gasteiger charge is -2.30. The molecule has 0 unspecified atom stereocenters. The van der Waals surface area contributed by atoms with Gasteiger partial charge in [-0.2, -0.15) is 0 Å². The molecule has 0 aromatic heterocycles. The van der Waals surface area contributed by atoms with Gasteiger partial charge in [-0.15, -0.1) is 0 Å². The number of nitrogens with zero attached hydrogens (tertiary/aromatic N) is 2. The monoisotopic (exact) mass is 427 g/mol. The highest BCUT2D eigenvalue weighted by atomic mass is 32.2. The van der Waals surface area contributed by atoms with E-state index >= 15 is 0 Å². The molecule has 0 bridgehead atoms. The number of amides is 2. The van der Waals surface area contributed by atoms with Crippen molar-refractivity contribution in [3.05, 3.63) is 54.1 Å². The van der Waals surface area contributed by atoms with E-state index in [1.165, 1.54) is 36.0 Å². The van der Waals surface area contributed by atoms with Crippen LogP contribution < -0.4 is 10.1 Å². The number of carbonyl (C=O) groups excluding carboxylic acids is 2. The minimum absolute atomic E-state index is 0.0547. The van der Waals surface area contributed by atoms with Crippen molar-refractivity contribution in [2.24, 2.45) is 4.99 Å². The van der Waals surface area contributed by atoms with E-state index in [1.807, 2.05) is 6.92 Å². The summed E-state index contributed by atoms with van der Waals surface area (Å²) >= 11 is 1.23. The molecule has 1 fully saturated rings. The van der Waals surface area contributed by atoms with Crippen LogP contribution in [0.15, 0.2) is 53.5 Å². The van der Waals surface area contributed by atoms with Crippen LogP contribution in [0.3, 0.4) is 0 Å². The number of carbonyl (C=O) groups is 3. The Morgan fingerprint density at radius 2 is 1.87 bits per heavy atom. The minimum Gasteiger partial charge on any atom is -0.497 e. The smallest absolute Gasteiger partial charge is 0.335 e. The third kappa shape index (κ3) is 4.98. The number of thioether (sulfide) groups is 1. The van der Waals surface area contributed by atoms with Crippen molar-refractivity contribution in [3.8, 4) is 5.75 Å². The van der Waals surface area contributed by atoms with E-state index in [1.54, 1.807) is 36.3 Å². The summed E-state index contributed by atoms with van der Waals surface area (Å²) in [6, 6.07) is 12.9. The number of benzene rings is 2. The van der Waals surface area contributed by atoms with Gasteiger partial charge in [-0.05, 0) is 55.5 Å². The Morgan fingerprint density at radius 1 is 1.20 bits per heavy atom. The Morgan fingerprint density at radius 3 is 2.43 bits per heavy atom. The van der Waals surface area contributed by atoms with Crippen molar-refractivity contribution in [2.45, 2.75) is 18.6 Å². The summed E-state index contributed by atoms with van der Waals surface area (Å²) in [6.45, 7) is 2.30. The van der Waals surface area contributed by atoms with Gasteiger partial charge >= 0.3 is 5.97 Å². The van der Waals surface area contributed by atoms with Crippen LogP contribution >= 0.6 is 11.8 Å². The van der Waals surface area contributed by atoms with E-state index in [9.17, 15) is 14.4 Å². The predicted octanol–water partition coefficient (Wildman–Crippen LogP) is 3.37. The van der Waals surface area contributed by atoms with Gasteiger partial charge in [0.05, 0.1) is 18.4 Å². The molecule has 8 nitrogen and oxygen atoms in total. The van der Waals surface area contributed by atoms with Crippen molar-refractivity contribution in [3.63, 3.8) is 0 Å². The Labute approximate surface area is 177 Å². The molecule has 1 atom stereocenters. The summed E-state index contributed by atoms with van der Waals surface area (Å²) in [5, 5.41) is 11.5. The number of aromatic carboxylic acids is 1. The molecule has 30 heavy (non-hydrogen) atoms. The number of methoxy groups -OCH3 is 1. The molecule has 1 aliphatic heterocycles. The first-order valence-corrected chi connectivity index (χ1v) is 10.1. The second-order valence-electron chi connectivity index (χ2n) is 6.41. The second kappa shape index (κ2) is 9.45. The molecule has 0 spiro atoms. The standard InChI is InChI=1S/C21H21N3O5S/c1-3-24-18(25)12-17(19(26)22-14-6-4-13(5-7-14)20(27)28)30-21(24)23-15-8-10-16(29-2)11-9-15/h4-11,17H,3,12H2,1-2H3,(H,22,26)(H,27,28)/t17-/m0/s1.